The van der Waals surface area contributed by atoms with E-state index in [1.807, 2.05) is 47.4 Å². The smallest absolute Gasteiger partial charge is 0.362 e. The number of benzene rings is 1. The lowest BCUT2D eigenvalue weighted by Crippen LogP contribution is -2.53. The molecule has 6 heteroatoms. The van der Waals surface area contributed by atoms with Crippen molar-refractivity contribution in [3.8, 4) is 0 Å². The molecule has 3 aliphatic rings. The van der Waals surface area contributed by atoms with Gasteiger partial charge >= 0.3 is 6.18 Å². The van der Waals surface area contributed by atoms with Crippen LogP contribution in [0, 0.1) is 11.3 Å². The van der Waals surface area contributed by atoms with Crippen molar-refractivity contribution in [3.05, 3.63) is 54.1 Å². The van der Waals surface area contributed by atoms with Gasteiger partial charge in [0.25, 0.3) is 0 Å². The molecule has 1 saturated carbocycles. The van der Waals surface area contributed by atoms with Crippen molar-refractivity contribution in [2.75, 3.05) is 26.2 Å². The quantitative estimate of drug-likeness (QED) is 0.643. The topological polar surface area (TPSA) is 32.7 Å². The fourth-order valence-electron chi connectivity index (χ4n) is 4.70. The Balaban J connectivity index is 1.23. The molecule has 1 aliphatic heterocycles. The van der Waals surface area contributed by atoms with Crippen LogP contribution in [-0.4, -0.2) is 48.2 Å². The van der Waals surface area contributed by atoms with Crippen molar-refractivity contribution in [2.24, 2.45) is 11.3 Å². The first-order valence-electron chi connectivity index (χ1n) is 10.9. The zero-order chi connectivity index (χ0) is 21.2. The zero-order valence-electron chi connectivity index (χ0n) is 17.2. The van der Waals surface area contributed by atoms with Crippen molar-refractivity contribution < 1.29 is 23.0 Å². The van der Waals surface area contributed by atoms with Gasteiger partial charge in [-0.05, 0) is 61.9 Å². The lowest BCUT2D eigenvalue weighted by atomic mass is 9.67. The number of piperidine rings is 1. The molecule has 2 aliphatic carbocycles. The summed E-state index contributed by atoms with van der Waals surface area (Å²) >= 11 is 0. The van der Waals surface area contributed by atoms with E-state index < -0.39 is 17.4 Å². The Morgan fingerprint density at radius 1 is 1.10 bits per heavy atom. The molecule has 1 saturated heterocycles. The molecule has 0 radical (unpaired) electrons. The summed E-state index contributed by atoms with van der Waals surface area (Å²) in [7, 11) is 0. The van der Waals surface area contributed by atoms with Crippen LogP contribution in [0.25, 0.3) is 5.57 Å². The Labute approximate surface area is 176 Å². The molecule has 0 spiro atoms. The minimum absolute atomic E-state index is 0.129. The minimum atomic E-state index is -4.10. The number of aliphatic hydroxyl groups is 1. The predicted octanol–water partition coefficient (Wildman–Crippen LogP) is 5.18. The summed E-state index contributed by atoms with van der Waals surface area (Å²) in [6, 6.07) is 9.99. The summed E-state index contributed by atoms with van der Waals surface area (Å²) in [4.78, 5) is 1.97. The van der Waals surface area contributed by atoms with E-state index in [2.05, 4.69) is 0 Å². The summed E-state index contributed by atoms with van der Waals surface area (Å²) in [5.74, 6) is -1.04. The van der Waals surface area contributed by atoms with Gasteiger partial charge in [-0.1, -0.05) is 48.9 Å². The molecule has 4 rings (SSSR count). The molecule has 164 valence electrons. The standard InChI is InChI=1S/C24H30F3NO2/c25-24(26,27)22(11-4-12-22)18-28-15-9-19(10-16-28)17-30-23(29)13-7-21(8-14-23)20-5-2-1-3-6-20/h1-3,5-8,13,19,29H,4,9-12,14-18H2. The summed E-state index contributed by atoms with van der Waals surface area (Å²) in [5.41, 5.74) is 0.680. The van der Waals surface area contributed by atoms with Crippen molar-refractivity contribution in [1.29, 1.82) is 0 Å². The van der Waals surface area contributed by atoms with Crippen LogP contribution in [0.4, 0.5) is 13.2 Å². The third kappa shape index (κ3) is 4.66. The number of nitrogens with zero attached hydrogens (tertiary/aromatic N) is 1. The number of allylic oxidation sites excluding steroid dienone is 2. The largest absolute Gasteiger partial charge is 0.395 e. The lowest BCUT2D eigenvalue weighted by Gasteiger charge is -2.47. The summed E-state index contributed by atoms with van der Waals surface area (Å²) < 4.78 is 46.1. The third-order valence-corrected chi connectivity index (χ3v) is 6.96. The van der Waals surface area contributed by atoms with Crippen LogP contribution in [0.3, 0.4) is 0 Å². The van der Waals surface area contributed by atoms with Crippen molar-refractivity contribution in [2.45, 2.75) is 50.5 Å². The normalized spacial score (nSPS) is 27.5. The first-order chi connectivity index (χ1) is 14.3. The van der Waals surface area contributed by atoms with E-state index in [0.717, 1.165) is 24.0 Å². The molecule has 1 aromatic carbocycles. The maximum atomic E-state index is 13.4. The maximum Gasteiger partial charge on any atom is 0.395 e. The minimum Gasteiger partial charge on any atom is -0.362 e. The van der Waals surface area contributed by atoms with Crippen LogP contribution in [0.15, 0.2) is 48.6 Å². The van der Waals surface area contributed by atoms with Crippen molar-refractivity contribution >= 4 is 5.57 Å². The highest BCUT2D eigenvalue weighted by molar-refractivity contribution is 5.75. The Morgan fingerprint density at radius 2 is 1.80 bits per heavy atom. The molecular formula is C24H30F3NO2. The fraction of sp³-hybridized carbons (Fsp3) is 0.583. The highest BCUT2D eigenvalue weighted by Gasteiger charge is 2.58. The van der Waals surface area contributed by atoms with Crippen molar-refractivity contribution in [1.82, 2.24) is 4.90 Å². The van der Waals surface area contributed by atoms with Crippen LogP contribution >= 0.6 is 0 Å². The highest BCUT2D eigenvalue weighted by atomic mass is 19.4. The van der Waals surface area contributed by atoms with Gasteiger partial charge in [0.05, 0.1) is 12.0 Å². The van der Waals surface area contributed by atoms with E-state index in [9.17, 15) is 18.3 Å². The Morgan fingerprint density at radius 3 is 2.33 bits per heavy atom. The average Bonchev–Trinajstić information content (AvgIpc) is 2.70. The summed E-state index contributed by atoms with van der Waals surface area (Å²) in [6.45, 7) is 1.88. The molecule has 1 aromatic rings. The summed E-state index contributed by atoms with van der Waals surface area (Å²) in [6.07, 6.45) is 4.66. The summed E-state index contributed by atoms with van der Waals surface area (Å²) in [5, 5.41) is 10.7. The number of ether oxygens (including phenoxy) is 1. The molecular weight excluding hydrogens is 391 g/mol. The van der Waals surface area contributed by atoms with E-state index in [4.69, 9.17) is 4.74 Å². The van der Waals surface area contributed by atoms with E-state index >= 15 is 0 Å². The molecule has 1 N–H and O–H groups in total. The second-order valence-electron chi connectivity index (χ2n) is 9.07. The average molecular weight is 422 g/mol. The van der Waals surface area contributed by atoms with E-state index in [1.54, 1.807) is 6.08 Å². The van der Waals surface area contributed by atoms with Gasteiger partial charge in [0.1, 0.15) is 0 Å². The lowest BCUT2D eigenvalue weighted by molar-refractivity contribution is -0.257. The Kier molecular flexibility index (Phi) is 6.11. The third-order valence-electron chi connectivity index (χ3n) is 6.96. The molecule has 2 fully saturated rings. The number of rotatable bonds is 6. The molecule has 0 amide bonds. The molecule has 1 heterocycles. The second-order valence-corrected chi connectivity index (χ2v) is 9.07. The molecule has 3 nitrogen and oxygen atoms in total. The highest BCUT2D eigenvalue weighted by Crippen LogP contribution is 2.53. The number of halogens is 3. The number of hydrogen-bond acceptors (Lipinski definition) is 3. The zero-order valence-corrected chi connectivity index (χ0v) is 17.2. The molecule has 30 heavy (non-hydrogen) atoms. The number of alkyl halides is 3. The fourth-order valence-corrected chi connectivity index (χ4v) is 4.70. The second kappa shape index (κ2) is 8.48. The van der Waals surface area contributed by atoms with Crippen LogP contribution in [-0.2, 0) is 4.74 Å². The molecule has 1 unspecified atom stereocenters. The Hall–Kier alpha value is -1.63. The monoisotopic (exact) mass is 421 g/mol. The predicted molar refractivity (Wildman–Crippen MR) is 111 cm³/mol. The van der Waals surface area contributed by atoms with Crippen LogP contribution in [0.2, 0.25) is 0 Å². The van der Waals surface area contributed by atoms with Crippen LogP contribution in [0.5, 0.6) is 0 Å². The first-order valence-corrected chi connectivity index (χ1v) is 10.9. The number of hydrogen-bond donors (Lipinski definition) is 1. The van der Waals surface area contributed by atoms with Gasteiger partial charge in [0.15, 0.2) is 5.79 Å². The van der Waals surface area contributed by atoms with E-state index in [-0.39, 0.29) is 25.3 Å². The molecule has 0 aromatic heterocycles. The van der Waals surface area contributed by atoms with Gasteiger partial charge in [-0.2, -0.15) is 13.2 Å². The van der Waals surface area contributed by atoms with Crippen molar-refractivity contribution in [3.63, 3.8) is 0 Å². The molecule has 1 atom stereocenters. The van der Waals surface area contributed by atoms with E-state index in [1.165, 1.54) is 0 Å². The molecule has 0 bridgehead atoms. The van der Waals surface area contributed by atoms with Gasteiger partial charge in [-0.3, -0.25) is 0 Å². The van der Waals surface area contributed by atoms with Crippen LogP contribution in [0.1, 0.15) is 44.1 Å². The van der Waals surface area contributed by atoms with Gasteiger partial charge in [-0.25, -0.2) is 0 Å². The number of likely N-dealkylation sites (tertiary alicyclic amines) is 1. The van der Waals surface area contributed by atoms with Crippen LogP contribution < -0.4 is 0 Å². The van der Waals surface area contributed by atoms with Gasteiger partial charge in [0.2, 0.25) is 0 Å². The van der Waals surface area contributed by atoms with Gasteiger partial charge in [-0.15, -0.1) is 0 Å². The Bertz CT molecular complexity index is 777. The maximum absolute atomic E-state index is 13.4. The SMILES string of the molecule is OC1(OCC2CCN(CC3(C(F)(F)F)CCC3)CC2)C=CC(c2ccccc2)=CC1. The van der Waals surface area contributed by atoms with E-state index in [0.29, 0.717) is 32.5 Å². The van der Waals surface area contributed by atoms with Gasteiger partial charge in [0, 0.05) is 13.0 Å². The first kappa shape index (κ1) is 21.6. The van der Waals surface area contributed by atoms with Gasteiger partial charge < -0.3 is 14.7 Å².